The largest absolute Gasteiger partial charge is 0.314 e. The van der Waals surface area contributed by atoms with Crippen LogP contribution in [0.15, 0.2) is 72.4 Å². The van der Waals surface area contributed by atoms with Crippen LogP contribution in [0.2, 0.25) is 0 Å². The summed E-state index contributed by atoms with van der Waals surface area (Å²) in [5.41, 5.74) is 2.42. The molecular formula is C24H20FN3O2S. The van der Waals surface area contributed by atoms with Crippen molar-refractivity contribution in [2.24, 2.45) is 0 Å². The summed E-state index contributed by atoms with van der Waals surface area (Å²) in [6.45, 7) is 4.16. The fourth-order valence-corrected chi connectivity index (χ4v) is 3.71. The van der Waals surface area contributed by atoms with Gasteiger partial charge >= 0.3 is 0 Å². The normalized spacial score (nSPS) is 15.7. The Morgan fingerprint density at radius 2 is 1.71 bits per heavy atom. The Balaban J connectivity index is 1.73. The highest BCUT2D eigenvalue weighted by molar-refractivity contribution is 7.80. The van der Waals surface area contributed by atoms with Crippen molar-refractivity contribution in [3.05, 3.63) is 89.5 Å². The van der Waals surface area contributed by atoms with Crippen LogP contribution >= 0.6 is 12.2 Å². The minimum atomic E-state index is -0.591. The summed E-state index contributed by atoms with van der Waals surface area (Å²) in [7, 11) is 0. The van der Waals surface area contributed by atoms with Gasteiger partial charge in [0.2, 0.25) is 0 Å². The van der Waals surface area contributed by atoms with Gasteiger partial charge in [-0.1, -0.05) is 38.1 Å². The summed E-state index contributed by atoms with van der Waals surface area (Å²) in [4.78, 5) is 27.1. The topological polar surface area (TPSA) is 54.3 Å². The van der Waals surface area contributed by atoms with E-state index in [9.17, 15) is 14.0 Å². The molecule has 0 unspecified atom stereocenters. The number of anilines is 1. The molecule has 2 amide bonds. The lowest BCUT2D eigenvalue weighted by molar-refractivity contribution is -0.122. The molecule has 0 atom stereocenters. The van der Waals surface area contributed by atoms with Crippen molar-refractivity contribution in [1.82, 2.24) is 9.88 Å². The zero-order chi connectivity index (χ0) is 22.1. The molecule has 1 N–H and O–H groups in total. The average molecular weight is 434 g/mol. The minimum absolute atomic E-state index is 0.0222. The van der Waals surface area contributed by atoms with E-state index in [1.165, 1.54) is 17.0 Å². The van der Waals surface area contributed by atoms with Crippen LogP contribution in [-0.4, -0.2) is 21.5 Å². The number of carbonyl (C=O) groups is 2. The standard InChI is InChI=1S/C24H20FN3O2S/c1-15(2)16-9-11-17(12-10-16)28-23(30)19(22(29)26-24(28)31)14-18-6-5-13-27(18)21-8-4-3-7-20(21)25/h3-15H,1-2H3,(H,26,29,31)/b19-14-. The van der Waals surface area contributed by atoms with Crippen molar-refractivity contribution in [2.45, 2.75) is 19.8 Å². The van der Waals surface area contributed by atoms with Crippen LogP contribution in [0.3, 0.4) is 0 Å². The molecule has 2 aromatic carbocycles. The molecule has 0 radical (unpaired) electrons. The van der Waals surface area contributed by atoms with E-state index in [1.54, 1.807) is 53.2 Å². The molecule has 5 nitrogen and oxygen atoms in total. The number of rotatable bonds is 4. The number of nitrogens with zero attached hydrogens (tertiary/aromatic N) is 2. The molecule has 3 aromatic rings. The average Bonchev–Trinajstić information content (AvgIpc) is 3.19. The molecule has 0 aliphatic carbocycles. The third kappa shape index (κ3) is 3.92. The summed E-state index contributed by atoms with van der Waals surface area (Å²) in [5.74, 6) is -1.19. The number of carbonyl (C=O) groups excluding carboxylic acids is 2. The van der Waals surface area contributed by atoms with E-state index in [2.05, 4.69) is 19.2 Å². The van der Waals surface area contributed by atoms with Crippen LogP contribution < -0.4 is 10.2 Å². The van der Waals surface area contributed by atoms with Crippen LogP contribution in [0, 0.1) is 5.82 Å². The second-order valence-corrected chi connectivity index (χ2v) is 7.85. The fourth-order valence-electron chi connectivity index (χ4n) is 3.43. The summed E-state index contributed by atoms with van der Waals surface area (Å²) in [6, 6.07) is 17.2. The van der Waals surface area contributed by atoms with Gasteiger partial charge in [-0.2, -0.15) is 0 Å². The number of benzene rings is 2. The molecule has 2 heterocycles. The number of para-hydroxylation sites is 1. The van der Waals surface area contributed by atoms with Crippen molar-refractivity contribution in [1.29, 1.82) is 0 Å². The van der Waals surface area contributed by atoms with Gasteiger partial charge in [-0.25, -0.2) is 4.39 Å². The minimum Gasteiger partial charge on any atom is -0.314 e. The molecule has 0 spiro atoms. The Kier molecular flexibility index (Phi) is 5.52. The Labute approximate surface area is 184 Å². The van der Waals surface area contributed by atoms with Gasteiger partial charge in [0.25, 0.3) is 11.8 Å². The second-order valence-electron chi connectivity index (χ2n) is 7.46. The molecule has 31 heavy (non-hydrogen) atoms. The van der Waals surface area contributed by atoms with Crippen molar-refractivity contribution in [2.75, 3.05) is 4.90 Å². The van der Waals surface area contributed by atoms with Crippen LogP contribution in [0.4, 0.5) is 10.1 Å². The number of hydrogen-bond donors (Lipinski definition) is 1. The van der Waals surface area contributed by atoms with Crippen LogP contribution in [0.5, 0.6) is 0 Å². The lowest BCUT2D eigenvalue weighted by Crippen LogP contribution is -2.54. The van der Waals surface area contributed by atoms with Crippen LogP contribution in [0.25, 0.3) is 11.8 Å². The van der Waals surface area contributed by atoms with Crippen molar-refractivity contribution >= 4 is 40.9 Å². The first-order chi connectivity index (χ1) is 14.9. The number of amides is 2. The highest BCUT2D eigenvalue weighted by atomic mass is 32.1. The summed E-state index contributed by atoms with van der Waals surface area (Å²) in [5, 5.41) is 2.60. The third-order valence-electron chi connectivity index (χ3n) is 5.10. The van der Waals surface area contributed by atoms with Gasteiger partial charge in [0.05, 0.1) is 11.4 Å². The molecule has 7 heteroatoms. The first-order valence-electron chi connectivity index (χ1n) is 9.80. The first-order valence-corrected chi connectivity index (χ1v) is 10.2. The first kappa shape index (κ1) is 20.7. The molecule has 1 fully saturated rings. The molecule has 156 valence electrons. The molecule has 1 aliphatic heterocycles. The van der Waals surface area contributed by atoms with Gasteiger partial charge in [-0.3, -0.25) is 19.8 Å². The second kappa shape index (κ2) is 8.28. The molecule has 4 rings (SSSR count). The summed E-state index contributed by atoms with van der Waals surface area (Å²) < 4.78 is 15.9. The van der Waals surface area contributed by atoms with E-state index < -0.39 is 17.6 Å². The maximum absolute atomic E-state index is 14.3. The summed E-state index contributed by atoms with van der Waals surface area (Å²) in [6.07, 6.45) is 3.12. The maximum atomic E-state index is 14.3. The lowest BCUT2D eigenvalue weighted by atomic mass is 10.0. The number of hydrogen-bond acceptors (Lipinski definition) is 3. The van der Waals surface area contributed by atoms with Gasteiger partial charge in [0.1, 0.15) is 11.4 Å². The van der Waals surface area contributed by atoms with E-state index in [4.69, 9.17) is 12.2 Å². The fraction of sp³-hybridized carbons (Fsp3) is 0.125. The predicted molar refractivity (Wildman–Crippen MR) is 122 cm³/mol. The van der Waals surface area contributed by atoms with E-state index >= 15 is 0 Å². The van der Waals surface area contributed by atoms with Crippen molar-refractivity contribution in [3.63, 3.8) is 0 Å². The monoisotopic (exact) mass is 433 g/mol. The number of nitrogens with one attached hydrogen (secondary N) is 1. The molecule has 0 bridgehead atoms. The number of aromatic nitrogens is 1. The zero-order valence-corrected chi connectivity index (χ0v) is 17.8. The Bertz CT molecular complexity index is 1210. The zero-order valence-electron chi connectivity index (χ0n) is 17.0. The van der Waals surface area contributed by atoms with Crippen molar-refractivity contribution < 1.29 is 14.0 Å². The maximum Gasteiger partial charge on any atom is 0.270 e. The quantitative estimate of drug-likeness (QED) is 0.373. The van der Waals surface area contributed by atoms with Crippen LogP contribution in [-0.2, 0) is 9.59 Å². The molecular weight excluding hydrogens is 413 g/mol. The molecule has 1 aromatic heterocycles. The number of halogens is 1. The highest BCUT2D eigenvalue weighted by Gasteiger charge is 2.34. The highest BCUT2D eigenvalue weighted by Crippen LogP contribution is 2.25. The van der Waals surface area contributed by atoms with Crippen molar-refractivity contribution in [3.8, 4) is 5.69 Å². The van der Waals surface area contributed by atoms with E-state index in [1.807, 2.05) is 12.1 Å². The Morgan fingerprint density at radius 3 is 2.39 bits per heavy atom. The predicted octanol–water partition coefficient (Wildman–Crippen LogP) is 4.57. The van der Waals surface area contributed by atoms with Crippen LogP contribution in [0.1, 0.15) is 31.0 Å². The van der Waals surface area contributed by atoms with Gasteiger partial charge in [-0.15, -0.1) is 0 Å². The molecule has 0 saturated carbocycles. The van der Waals surface area contributed by atoms with Gasteiger partial charge < -0.3 is 4.57 Å². The third-order valence-corrected chi connectivity index (χ3v) is 5.39. The van der Waals surface area contributed by atoms with E-state index in [0.717, 1.165) is 5.56 Å². The van der Waals surface area contributed by atoms with Gasteiger partial charge in [-0.05, 0) is 66.2 Å². The summed E-state index contributed by atoms with van der Waals surface area (Å²) >= 11 is 5.26. The SMILES string of the molecule is CC(C)c1ccc(N2C(=O)/C(=C\c3cccn3-c3ccccc3F)C(=O)NC2=S)cc1. The number of thiocarbonyl (C=S) groups is 1. The lowest BCUT2D eigenvalue weighted by Gasteiger charge is -2.29. The Hall–Kier alpha value is -3.58. The smallest absolute Gasteiger partial charge is 0.270 e. The molecule has 1 aliphatic rings. The molecule has 1 saturated heterocycles. The van der Waals surface area contributed by atoms with Gasteiger partial charge in [0, 0.05) is 11.9 Å². The van der Waals surface area contributed by atoms with E-state index in [0.29, 0.717) is 23.0 Å². The Morgan fingerprint density at radius 1 is 1.00 bits per heavy atom. The van der Waals surface area contributed by atoms with Gasteiger partial charge in [0.15, 0.2) is 5.11 Å². The van der Waals surface area contributed by atoms with E-state index in [-0.39, 0.29) is 10.7 Å².